The predicted molar refractivity (Wildman–Crippen MR) is 67.5 cm³/mol. The molecule has 0 radical (unpaired) electrons. The molecule has 0 amide bonds. The normalized spacial score (nSPS) is 19.8. The molecule has 1 aromatic heterocycles. The quantitative estimate of drug-likeness (QED) is 0.649. The van der Waals surface area contributed by atoms with Crippen molar-refractivity contribution in [3.05, 3.63) is 28.6 Å². The first-order chi connectivity index (χ1) is 8.72. The summed E-state index contributed by atoms with van der Waals surface area (Å²) in [5.74, 6) is 0.413. The van der Waals surface area contributed by atoms with Crippen LogP contribution >= 0.6 is 0 Å². The number of anilines is 1. The molecule has 0 aliphatic carbocycles. The van der Waals surface area contributed by atoms with Crippen molar-refractivity contribution in [1.82, 2.24) is 4.98 Å². The second kappa shape index (κ2) is 5.77. The number of hydrogen-bond acceptors (Lipinski definition) is 5. The van der Waals surface area contributed by atoms with Gasteiger partial charge >= 0.3 is 5.69 Å². The lowest BCUT2D eigenvalue weighted by molar-refractivity contribution is -0.384. The summed E-state index contributed by atoms with van der Waals surface area (Å²) in [6, 6.07) is 1.69. The van der Waals surface area contributed by atoms with Crippen LogP contribution in [0.4, 0.5) is 11.4 Å². The van der Waals surface area contributed by atoms with Crippen molar-refractivity contribution < 1.29 is 10.0 Å². The minimum Gasteiger partial charge on any atom is -0.396 e. The molecule has 1 aliphatic heterocycles. The second-order valence-corrected chi connectivity index (χ2v) is 4.59. The molecular formula is C12H17N3O3. The number of aromatic nitrogens is 1. The van der Waals surface area contributed by atoms with E-state index < -0.39 is 4.92 Å². The van der Waals surface area contributed by atoms with E-state index in [4.69, 9.17) is 5.11 Å². The fourth-order valence-electron chi connectivity index (χ4n) is 2.49. The van der Waals surface area contributed by atoms with E-state index in [9.17, 15) is 10.1 Å². The van der Waals surface area contributed by atoms with Crippen molar-refractivity contribution in [3.63, 3.8) is 0 Å². The lowest BCUT2D eigenvalue weighted by atomic mass is 9.95. The van der Waals surface area contributed by atoms with Gasteiger partial charge in [-0.05, 0) is 31.2 Å². The Hall–Kier alpha value is -1.69. The minimum atomic E-state index is -0.391. The van der Waals surface area contributed by atoms with Crippen molar-refractivity contribution in [3.8, 4) is 0 Å². The van der Waals surface area contributed by atoms with E-state index in [1.54, 1.807) is 12.3 Å². The predicted octanol–water partition coefficient (Wildman–Crippen LogP) is 1.59. The lowest BCUT2D eigenvalue weighted by Crippen LogP contribution is -2.36. The number of pyridine rings is 1. The summed E-state index contributed by atoms with van der Waals surface area (Å²) < 4.78 is 0. The van der Waals surface area contributed by atoms with Gasteiger partial charge in [-0.3, -0.25) is 15.1 Å². The van der Waals surface area contributed by atoms with Gasteiger partial charge in [0.1, 0.15) is 11.9 Å². The first-order valence-electron chi connectivity index (χ1n) is 6.16. The van der Waals surface area contributed by atoms with Gasteiger partial charge < -0.3 is 10.0 Å². The van der Waals surface area contributed by atoms with Gasteiger partial charge in [-0.25, -0.2) is 0 Å². The largest absolute Gasteiger partial charge is 0.396 e. The van der Waals surface area contributed by atoms with Crippen molar-refractivity contribution in [2.75, 3.05) is 24.6 Å². The Labute approximate surface area is 105 Å². The highest BCUT2D eigenvalue weighted by Crippen LogP contribution is 2.31. The van der Waals surface area contributed by atoms with Gasteiger partial charge in [-0.1, -0.05) is 0 Å². The summed E-state index contributed by atoms with van der Waals surface area (Å²) in [5.41, 5.74) is 0.694. The highest BCUT2D eigenvalue weighted by molar-refractivity contribution is 5.61. The number of rotatable bonds is 4. The van der Waals surface area contributed by atoms with Crippen molar-refractivity contribution in [2.45, 2.75) is 19.3 Å². The third-order valence-corrected chi connectivity index (χ3v) is 3.37. The Kier molecular flexibility index (Phi) is 4.09. The molecule has 1 N–H and O–H groups in total. The van der Waals surface area contributed by atoms with E-state index in [-0.39, 0.29) is 12.3 Å². The molecule has 1 aromatic rings. The monoisotopic (exact) mass is 251 g/mol. The van der Waals surface area contributed by atoms with Crippen LogP contribution in [0.15, 0.2) is 18.5 Å². The maximum Gasteiger partial charge on any atom is 0.310 e. The maximum absolute atomic E-state index is 11.0. The van der Waals surface area contributed by atoms with E-state index in [2.05, 4.69) is 4.98 Å². The standard InChI is InChI=1S/C12H17N3O3/c16-7-4-10-2-1-6-14(9-10)11-3-5-13-8-12(11)15(17)18/h3,5,8,10,16H,1-2,4,6-7,9H2. The fourth-order valence-corrected chi connectivity index (χ4v) is 2.49. The van der Waals surface area contributed by atoms with Gasteiger partial charge in [0, 0.05) is 25.9 Å². The molecular weight excluding hydrogens is 234 g/mol. The molecule has 1 saturated heterocycles. The van der Waals surface area contributed by atoms with Crippen molar-refractivity contribution >= 4 is 11.4 Å². The summed E-state index contributed by atoms with van der Waals surface area (Å²) >= 11 is 0. The molecule has 1 unspecified atom stereocenters. The van der Waals surface area contributed by atoms with E-state index in [1.807, 2.05) is 4.90 Å². The Morgan fingerprint density at radius 2 is 2.44 bits per heavy atom. The van der Waals surface area contributed by atoms with Gasteiger partial charge in [0.05, 0.1) is 4.92 Å². The number of aliphatic hydroxyl groups is 1. The molecule has 6 heteroatoms. The lowest BCUT2D eigenvalue weighted by Gasteiger charge is -2.33. The van der Waals surface area contributed by atoms with Crippen LogP contribution in [0.3, 0.4) is 0 Å². The zero-order valence-electron chi connectivity index (χ0n) is 10.2. The maximum atomic E-state index is 11.0. The van der Waals surface area contributed by atoms with E-state index >= 15 is 0 Å². The van der Waals surface area contributed by atoms with Gasteiger partial charge in [-0.2, -0.15) is 0 Å². The zero-order chi connectivity index (χ0) is 13.0. The summed E-state index contributed by atoms with van der Waals surface area (Å²) in [6.07, 6.45) is 5.72. The van der Waals surface area contributed by atoms with Gasteiger partial charge in [0.15, 0.2) is 0 Å². The second-order valence-electron chi connectivity index (χ2n) is 4.59. The molecule has 2 heterocycles. The number of aliphatic hydroxyl groups excluding tert-OH is 1. The van der Waals surface area contributed by atoms with Crippen LogP contribution in [-0.4, -0.2) is 34.7 Å². The molecule has 0 bridgehead atoms. The highest BCUT2D eigenvalue weighted by atomic mass is 16.6. The first kappa shape index (κ1) is 12.8. The zero-order valence-corrected chi connectivity index (χ0v) is 10.2. The topological polar surface area (TPSA) is 79.5 Å². The van der Waals surface area contributed by atoms with Crippen LogP contribution in [0.2, 0.25) is 0 Å². The number of nitrogens with zero attached hydrogens (tertiary/aromatic N) is 3. The first-order valence-corrected chi connectivity index (χ1v) is 6.16. The Bertz CT molecular complexity index is 423. The molecule has 6 nitrogen and oxygen atoms in total. The fraction of sp³-hybridized carbons (Fsp3) is 0.583. The Morgan fingerprint density at radius 3 is 3.17 bits per heavy atom. The summed E-state index contributed by atoms with van der Waals surface area (Å²) in [4.78, 5) is 16.4. The van der Waals surface area contributed by atoms with Crippen LogP contribution in [0.1, 0.15) is 19.3 Å². The van der Waals surface area contributed by atoms with Crippen molar-refractivity contribution in [1.29, 1.82) is 0 Å². The van der Waals surface area contributed by atoms with Gasteiger partial charge in [0.25, 0.3) is 0 Å². The molecule has 1 fully saturated rings. The third kappa shape index (κ3) is 2.76. The van der Waals surface area contributed by atoms with Crippen LogP contribution in [0, 0.1) is 16.0 Å². The molecule has 2 rings (SSSR count). The molecule has 18 heavy (non-hydrogen) atoms. The Balaban J connectivity index is 2.18. The minimum absolute atomic E-state index is 0.0575. The number of piperidine rings is 1. The molecule has 98 valence electrons. The summed E-state index contributed by atoms with van der Waals surface area (Å²) in [7, 11) is 0. The third-order valence-electron chi connectivity index (χ3n) is 3.37. The van der Waals surface area contributed by atoms with Crippen LogP contribution in [0.5, 0.6) is 0 Å². The Morgan fingerprint density at radius 1 is 1.61 bits per heavy atom. The van der Waals surface area contributed by atoms with E-state index in [0.717, 1.165) is 32.4 Å². The molecule has 0 spiro atoms. The smallest absolute Gasteiger partial charge is 0.310 e. The average Bonchev–Trinajstić information content (AvgIpc) is 2.39. The molecule has 0 saturated carbocycles. The van der Waals surface area contributed by atoms with Crippen LogP contribution in [0.25, 0.3) is 0 Å². The SMILES string of the molecule is O=[N+]([O-])c1cnccc1N1CCCC(CCO)C1. The highest BCUT2D eigenvalue weighted by Gasteiger charge is 2.25. The van der Waals surface area contributed by atoms with Gasteiger partial charge in [0.2, 0.25) is 0 Å². The average molecular weight is 251 g/mol. The number of nitro groups is 1. The molecule has 0 aromatic carbocycles. The summed E-state index contributed by atoms with van der Waals surface area (Å²) in [6.45, 7) is 1.77. The number of hydrogen-bond donors (Lipinski definition) is 1. The van der Waals surface area contributed by atoms with Crippen LogP contribution < -0.4 is 4.90 Å². The van der Waals surface area contributed by atoms with Crippen molar-refractivity contribution in [2.24, 2.45) is 5.92 Å². The molecule has 1 aliphatic rings. The van der Waals surface area contributed by atoms with Gasteiger partial charge in [-0.15, -0.1) is 0 Å². The van der Waals surface area contributed by atoms with Crippen LogP contribution in [-0.2, 0) is 0 Å². The van der Waals surface area contributed by atoms with E-state index in [1.165, 1.54) is 6.20 Å². The molecule has 1 atom stereocenters. The van der Waals surface area contributed by atoms with E-state index in [0.29, 0.717) is 11.6 Å². The summed E-state index contributed by atoms with van der Waals surface area (Å²) in [5, 5.41) is 20.0.